The first-order valence-electron chi connectivity index (χ1n) is 5.19. The summed E-state index contributed by atoms with van der Waals surface area (Å²) in [4.78, 5) is 2.23. The normalized spacial score (nSPS) is 15.9. The highest BCUT2D eigenvalue weighted by Gasteiger charge is 2.28. The molecule has 0 radical (unpaired) electrons. The van der Waals surface area contributed by atoms with Gasteiger partial charge in [0.05, 0.1) is 0 Å². The fourth-order valence-electron chi connectivity index (χ4n) is 1.69. The molecule has 4 nitrogen and oxygen atoms in total. The van der Waals surface area contributed by atoms with Crippen molar-refractivity contribution in [3.05, 3.63) is 4.77 Å². The van der Waals surface area contributed by atoms with E-state index in [0.29, 0.717) is 6.04 Å². The van der Waals surface area contributed by atoms with E-state index in [9.17, 15) is 0 Å². The van der Waals surface area contributed by atoms with Crippen LogP contribution in [0.15, 0.2) is 0 Å². The van der Waals surface area contributed by atoms with Gasteiger partial charge in [-0.05, 0) is 38.9 Å². The molecule has 0 bridgehead atoms. The molecule has 1 N–H and O–H groups in total. The van der Waals surface area contributed by atoms with E-state index < -0.39 is 0 Å². The number of nitrogens with zero attached hydrogens (tertiary/aromatic N) is 3. The van der Waals surface area contributed by atoms with Gasteiger partial charge in [-0.2, -0.15) is 0 Å². The van der Waals surface area contributed by atoms with Gasteiger partial charge in [0.25, 0.3) is 0 Å². The van der Waals surface area contributed by atoms with Crippen LogP contribution in [-0.4, -0.2) is 27.9 Å². The molecule has 1 heterocycles. The molecule has 1 aromatic heterocycles. The third-order valence-electron chi connectivity index (χ3n) is 2.64. The second-order valence-electron chi connectivity index (χ2n) is 3.60. The maximum Gasteiger partial charge on any atom is 0.225 e. The first kappa shape index (κ1) is 9.71. The van der Waals surface area contributed by atoms with Crippen molar-refractivity contribution in [2.24, 2.45) is 0 Å². The van der Waals surface area contributed by atoms with Crippen LogP contribution in [0.4, 0.5) is 5.95 Å². The lowest BCUT2D eigenvalue weighted by molar-refractivity contribution is 0.691. The molecule has 0 saturated heterocycles. The van der Waals surface area contributed by atoms with E-state index in [0.717, 1.165) is 23.8 Å². The molecule has 0 atom stereocenters. The Morgan fingerprint density at radius 3 is 2.64 bits per heavy atom. The molecule has 5 heteroatoms. The molecule has 0 amide bonds. The fourth-order valence-corrected chi connectivity index (χ4v) is 1.96. The molecular formula is C9H16N4S. The number of hydrogen-bond acceptors (Lipinski definition) is 3. The van der Waals surface area contributed by atoms with Gasteiger partial charge in [0.15, 0.2) is 4.77 Å². The summed E-state index contributed by atoms with van der Waals surface area (Å²) in [6.07, 6.45) is 2.48. The first-order valence-corrected chi connectivity index (χ1v) is 5.60. The summed E-state index contributed by atoms with van der Waals surface area (Å²) >= 11 is 5.22. The van der Waals surface area contributed by atoms with Gasteiger partial charge in [-0.1, -0.05) is 0 Å². The Kier molecular flexibility index (Phi) is 2.58. The van der Waals surface area contributed by atoms with Crippen molar-refractivity contribution >= 4 is 18.2 Å². The van der Waals surface area contributed by atoms with Gasteiger partial charge < -0.3 is 4.90 Å². The maximum atomic E-state index is 5.22. The molecule has 1 aliphatic rings. The number of H-pyrrole nitrogens is 1. The number of aromatic nitrogens is 3. The lowest BCUT2D eigenvalue weighted by Crippen LogP contribution is -2.25. The zero-order valence-corrected chi connectivity index (χ0v) is 9.47. The van der Waals surface area contributed by atoms with Crippen LogP contribution in [0, 0.1) is 4.77 Å². The summed E-state index contributed by atoms with van der Waals surface area (Å²) in [6.45, 7) is 6.22. The van der Waals surface area contributed by atoms with E-state index in [2.05, 4.69) is 33.5 Å². The lowest BCUT2D eigenvalue weighted by Gasteiger charge is -2.19. The second-order valence-corrected chi connectivity index (χ2v) is 3.99. The average molecular weight is 212 g/mol. The van der Waals surface area contributed by atoms with Crippen molar-refractivity contribution in [3.63, 3.8) is 0 Å². The van der Waals surface area contributed by atoms with Crippen LogP contribution in [0.3, 0.4) is 0 Å². The smallest absolute Gasteiger partial charge is 0.225 e. The highest BCUT2D eigenvalue weighted by molar-refractivity contribution is 7.71. The third-order valence-corrected chi connectivity index (χ3v) is 2.93. The minimum atomic E-state index is 0.594. The molecular weight excluding hydrogens is 196 g/mol. The van der Waals surface area contributed by atoms with Crippen molar-refractivity contribution < 1.29 is 0 Å². The van der Waals surface area contributed by atoms with Crippen molar-refractivity contribution in [1.29, 1.82) is 0 Å². The quantitative estimate of drug-likeness (QED) is 0.777. The van der Waals surface area contributed by atoms with E-state index in [1.807, 2.05) is 0 Å². The van der Waals surface area contributed by atoms with E-state index in [1.165, 1.54) is 12.8 Å². The molecule has 0 spiro atoms. The lowest BCUT2D eigenvalue weighted by atomic mass is 10.5. The summed E-state index contributed by atoms with van der Waals surface area (Å²) in [6, 6.07) is 0.594. The summed E-state index contributed by atoms with van der Waals surface area (Å²) < 4.78 is 2.91. The number of anilines is 1. The molecule has 1 aliphatic carbocycles. The monoisotopic (exact) mass is 212 g/mol. The molecule has 0 aromatic carbocycles. The van der Waals surface area contributed by atoms with Crippen LogP contribution in [-0.2, 0) is 0 Å². The maximum absolute atomic E-state index is 5.22. The van der Waals surface area contributed by atoms with E-state index >= 15 is 0 Å². The Labute approximate surface area is 88.9 Å². The Morgan fingerprint density at radius 1 is 1.50 bits per heavy atom. The van der Waals surface area contributed by atoms with E-state index in [-0.39, 0.29) is 0 Å². The molecule has 14 heavy (non-hydrogen) atoms. The van der Waals surface area contributed by atoms with Gasteiger partial charge in [-0.15, -0.1) is 5.10 Å². The summed E-state index contributed by atoms with van der Waals surface area (Å²) in [5, 5.41) is 7.17. The minimum absolute atomic E-state index is 0.594. The summed E-state index contributed by atoms with van der Waals surface area (Å²) in [5.74, 6) is 1.00. The Hall–Kier alpha value is -0.840. The van der Waals surface area contributed by atoms with E-state index in [4.69, 9.17) is 12.2 Å². The van der Waals surface area contributed by atoms with Crippen LogP contribution in [0.1, 0.15) is 32.7 Å². The number of hydrogen-bond donors (Lipinski definition) is 1. The van der Waals surface area contributed by atoms with Crippen LogP contribution in [0.2, 0.25) is 0 Å². The van der Waals surface area contributed by atoms with Crippen LogP contribution < -0.4 is 4.90 Å². The summed E-state index contributed by atoms with van der Waals surface area (Å²) in [5.41, 5.74) is 0. The van der Waals surface area contributed by atoms with Crippen LogP contribution in [0.25, 0.3) is 0 Å². The molecule has 1 saturated carbocycles. The Balaban J connectivity index is 2.36. The van der Waals surface area contributed by atoms with E-state index in [1.54, 1.807) is 0 Å². The highest BCUT2D eigenvalue weighted by Crippen LogP contribution is 2.37. The molecule has 1 fully saturated rings. The fraction of sp³-hybridized carbons (Fsp3) is 0.778. The highest BCUT2D eigenvalue weighted by atomic mass is 32.1. The third kappa shape index (κ3) is 1.56. The molecule has 1 aromatic rings. The zero-order chi connectivity index (χ0) is 10.1. The van der Waals surface area contributed by atoms with Gasteiger partial charge >= 0.3 is 0 Å². The second kappa shape index (κ2) is 3.73. The Bertz CT molecular complexity index is 359. The van der Waals surface area contributed by atoms with Crippen LogP contribution >= 0.6 is 12.2 Å². The predicted octanol–water partition coefficient (Wildman–Crippen LogP) is 2.12. The Morgan fingerprint density at radius 2 is 2.14 bits per heavy atom. The van der Waals surface area contributed by atoms with Gasteiger partial charge in [0, 0.05) is 19.1 Å². The van der Waals surface area contributed by atoms with Crippen molar-refractivity contribution in [3.8, 4) is 0 Å². The SMILES string of the molecule is CCN(CC)c1n[nH]c(=S)n1C1CC1. The van der Waals surface area contributed by atoms with Gasteiger partial charge in [-0.3, -0.25) is 4.57 Å². The van der Waals surface area contributed by atoms with Crippen molar-refractivity contribution in [2.45, 2.75) is 32.7 Å². The number of aromatic amines is 1. The standard InChI is InChI=1S/C9H16N4S/c1-3-12(4-2)8-10-11-9(14)13(8)7-5-6-7/h7H,3-6H2,1-2H3,(H,11,14). The van der Waals surface area contributed by atoms with Crippen molar-refractivity contribution in [2.75, 3.05) is 18.0 Å². The van der Waals surface area contributed by atoms with Crippen molar-refractivity contribution in [1.82, 2.24) is 14.8 Å². The van der Waals surface area contributed by atoms with Gasteiger partial charge in [0.1, 0.15) is 0 Å². The molecule has 78 valence electrons. The topological polar surface area (TPSA) is 36.9 Å². The van der Waals surface area contributed by atoms with Gasteiger partial charge in [0.2, 0.25) is 5.95 Å². The minimum Gasteiger partial charge on any atom is -0.342 e. The summed E-state index contributed by atoms with van der Waals surface area (Å²) in [7, 11) is 0. The molecule has 0 aliphatic heterocycles. The molecule has 0 unspecified atom stereocenters. The largest absolute Gasteiger partial charge is 0.342 e. The first-order chi connectivity index (χ1) is 6.77. The number of rotatable bonds is 4. The predicted molar refractivity (Wildman–Crippen MR) is 59.2 cm³/mol. The zero-order valence-electron chi connectivity index (χ0n) is 8.66. The van der Waals surface area contributed by atoms with Gasteiger partial charge in [-0.25, -0.2) is 5.10 Å². The molecule has 2 rings (SSSR count). The van der Waals surface area contributed by atoms with Crippen LogP contribution in [0.5, 0.6) is 0 Å². The average Bonchev–Trinajstić information content (AvgIpc) is 2.95. The number of nitrogens with one attached hydrogen (secondary N) is 1.